The van der Waals surface area contributed by atoms with Crippen molar-refractivity contribution in [3.05, 3.63) is 80.7 Å². The summed E-state index contributed by atoms with van der Waals surface area (Å²) in [5, 5.41) is 13.5. The summed E-state index contributed by atoms with van der Waals surface area (Å²) in [6.45, 7) is 13.1. The van der Waals surface area contributed by atoms with Crippen LogP contribution in [0.25, 0.3) is 21.8 Å². The third-order valence-electron chi connectivity index (χ3n) is 7.34. The molecule has 1 fully saturated rings. The van der Waals surface area contributed by atoms with E-state index in [1.54, 1.807) is 0 Å². The molecule has 0 aliphatic carbocycles. The molecule has 1 unspecified atom stereocenters. The second kappa shape index (κ2) is 10.6. The van der Waals surface area contributed by atoms with Gasteiger partial charge in [0.2, 0.25) is 0 Å². The van der Waals surface area contributed by atoms with E-state index in [0.717, 1.165) is 52.7 Å². The molecule has 0 amide bonds. The summed E-state index contributed by atoms with van der Waals surface area (Å²) in [4.78, 5) is 4.93. The lowest BCUT2D eigenvalue weighted by Gasteiger charge is -2.35. The molecule has 1 aliphatic rings. The Morgan fingerprint density at radius 2 is 1.28 bits per heavy atom. The first-order valence-electron chi connectivity index (χ1n) is 12.8. The number of hydrogen-bond acceptors (Lipinski definition) is 3. The highest BCUT2D eigenvalue weighted by Gasteiger charge is 2.21. The molecule has 4 nitrogen and oxygen atoms in total. The lowest BCUT2D eigenvalue weighted by atomic mass is 9.87. The lowest BCUT2D eigenvalue weighted by Crippen LogP contribution is -2.48. The van der Waals surface area contributed by atoms with E-state index in [9.17, 15) is 5.11 Å². The summed E-state index contributed by atoms with van der Waals surface area (Å²) in [5.74, 6) is 0. The van der Waals surface area contributed by atoms with E-state index in [0.29, 0.717) is 13.1 Å². The highest BCUT2D eigenvalue weighted by Crippen LogP contribution is 2.33. The first-order chi connectivity index (χ1) is 17.2. The van der Waals surface area contributed by atoms with E-state index in [-0.39, 0.29) is 5.41 Å². The molecule has 1 aliphatic heterocycles. The van der Waals surface area contributed by atoms with Gasteiger partial charge in [-0.25, -0.2) is 0 Å². The minimum absolute atomic E-state index is 0.192. The predicted molar refractivity (Wildman–Crippen MR) is 158 cm³/mol. The van der Waals surface area contributed by atoms with Gasteiger partial charge < -0.3 is 9.67 Å². The topological polar surface area (TPSA) is 31.6 Å². The fourth-order valence-electron chi connectivity index (χ4n) is 5.31. The number of β-amino-alcohol motifs (C(OH)–C–C–N with tert-alkyl or cyclic N) is 1. The van der Waals surface area contributed by atoms with Crippen molar-refractivity contribution in [3.63, 3.8) is 0 Å². The molecular formula is C30H35Br2N3O. The van der Waals surface area contributed by atoms with Crippen LogP contribution in [0.3, 0.4) is 0 Å². The van der Waals surface area contributed by atoms with Gasteiger partial charge in [0.1, 0.15) is 0 Å². The number of rotatable bonds is 6. The maximum Gasteiger partial charge on any atom is 0.0845 e. The maximum absolute atomic E-state index is 11.1. The van der Waals surface area contributed by atoms with Crippen molar-refractivity contribution in [2.45, 2.75) is 45.4 Å². The summed E-state index contributed by atoms with van der Waals surface area (Å²) in [7, 11) is 0. The van der Waals surface area contributed by atoms with Crippen LogP contribution in [0, 0.1) is 0 Å². The molecule has 3 aromatic carbocycles. The number of fused-ring (bicyclic) bond motifs is 3. The Morgan fingerprint density at radius 3 is 1.81 bits per heavy atom. The number of aliphatic hydroxyl groups is 1. The molecule has 1 atom stereocenters. The molecule has 190 valence electrons. The van der Waals surface area contributed by atoms with E-state index in [1.807, 2.05) is 0 Å². The van der Waals surface area contributed by atoms with E-state index < -0.39 is 6.10 Å². The number of nitrogens with zero attached hydrogens (tertiary/aromatic N) is 3. The van der Waals surface area contributed by atoms with E-state index in [1.165, 1.54) is 21.9 Å². The van der Waals surface area contributed by atoms with Crippen LogP contribution in [0.15, 0.2) is 69.6 Å². The van der Waals surface area contributed by atoms with Gasteiger partial charge in [-0.05, 0) is 52.9 Å². The first kappa shape index (κ1) is 25.9. The van der Waals surface area contributed by atoms with Gasteiger partial charge in [-0.1, -0.05) is 76.9 Å². The average Bonchev–Trinajstić information content (AvgIpc) is 3.12. The summed E-state index contributed by atoms with van der Waals surface area (Å²) in [6.07, 6.45) is -0.424. The van der Waals surface area contributed by atoms with Crippen LogP contribution in [-0.4, -0.2) is 58.3 Å². The quantitative estimate of drug-likeness (QED) is 0.260. The van der Waals surface area contributed by atoms with Crippen LogP contribution < -0.4 is 0 Å². The van der Waals surface area contributed by atoms with Crippen molar-refractivity contribution in [1.29, 1.82) is 0 Å². The standard InChI is InChI=1S/C30H35Br2N3O/c1-30(2,3)22-6-4-21(5-7-22)18-33-12-14-34(15-13-33)19-25(36)20-35-28-10-8-23(31)16-26(28)27-17-24(32)9-11-29(27)35/h4-11,16-17,25,36H,12-15,18-20H2,1-3H3. The number of halogens is 2. The van der Waals surface area contributed by atoms with Crippen molar-refractivity contribution in [3.8, 4) is 0 Å². The molecule has 1 aromatic heterocycles. The fourth-order valence-corrected chi connectivity index (χ4v) is 6.03. The van der Waals surface area contributed by atoms with Crippen molar-refractivity contribution >= 4 is 53.7 Å². The number of hydrogen-bond donors (Lipinski definition) is 1. The maximum atomic E-state index is 11.1. The second-order valence-corrected chi connectivity index (χ2v) is 12.9. The van der Waals surface area contributed by atoms with Crippen LogP contribution in [0.5, 0.6) is 0 Å². The predicted octanol–water partition coefficient (Wildman–Crippen LogP) is 6.80. The van der Waals surface area contributed by atoms with Crippen LogP contribution in [0.4, 0.5) is 0 Å². The SMILES string of the molecule is CC(C)(C)c1ccc(CN2CCN(CC(O)Cn3c4ccc(Br)cc4c4cc(Br)ccc43)CC2)cc1. The molecule has 5 rings (SSSR count). The van der Waals surface area contributed by atoms with Crippen molar-refractivity contribution in [1.82, 2.24) is 14.4 Å². The third kappa shape index (κ3) is 5.73. The minimum Gasteiger partial charge on any atom is -0.390 e. The van der Waals surface area contributed by atoms with Crippen molar-refractivity contribution < 1.29 is 5.11 Å². The van der Waals surface area contributed by atoms with Crippen LogP contribution in [-0.2, 0) is 18.5 Å². The molecule has 6 heteroatoms. The van der Waals surface area contributed by atoms with Crippen molar-refractivity contribution in [2.24, 2.45) is 0 Å². The van der Waals surface area contributed by atoms with Crippen LogP contribution >= 0.6 is 31.9 Å². The van der Waals surface area contributed by atoms with Gasteiger partial charge in [-0.15, -0.1) is 0 Å². The molecule has 1 N–H and O–H groups in total. The normalized spacial score (nSPS) is 16.7. The Kier molecular flexibility index (Phi) is 7.62. The van der Waals surface area contributed by atoms with E-state index >= 15 is 0 Å². The van der Waals surface area contributed by atoms with Gasteiger partial charge in [0.05, 0.1) is 12.6 Å². The third-order valence-corrected chi connectivity index (χ3v) is 8.33. The van der Waals surface area contributed by atoms with Gasteiger partial charge in [-0.3, -0.25) is 9.80 Å². The number of aliphatic hydroxyl groups excluding tert-OH is 1. The minimum atomic E-state index is -0.424. The monoisotopic (exact) mass is 611 g/mol. The summed E-state index contributed by atoms with van der Waals surface area (Å²) < 4.78 is 4.40. The van der Waals surface area contributed by atoms with E-state index in [2.05, 4.69) is 128 Å². The summed E-state index contributed by atoms with van der Waals surface area (Å²) in [6, 6.07) is 21.9. The molecule has 2 heterocycles. The zero-order chi connectivity index (χ0) is 25.4. The lowest BCUT2D eigenvalue weighted by molar-refractivity contribution is 0.0634. The van der Waals surface area contributed by atoms with Gasteiger partial charge in [0.25, 0.3) is 0 Å². The smallest absolute Gasteiger partial charge is 0.0845 e. The Balaban J connectivity index is 1.20. The molecule has 1 saturated heterocycles. The molecule has 36 heavy (non-hydrogen) atoms. The number of benzene rings is 3. The zero-order valence-electron chi connectivity index (χ0n) is 21.3. The summed E-state index contributed by atoms with van der Waals surface area (Å²) >= 11 is 7.24. The second-order valence-electron chi connectivity index (χ2n) is 11.1. The number of aromatic nitrogens is 1. The Hall–Kier alpha value is -1.70. The summed E-state index contributed by atoms with van der Waals surface area (Å²) in [5.41, 5.74) is 5.27. The Labute approximate surface area is 231 Å². The highest BCUT2D eigenvalue weighted by atomic mass is 79.9. The average molecular weight is 613 g/mol. The van der Waals surface area contributed by atoms with Crippen molar-refractivity contribution in [2.75, 3.05) is 32.7 Å². The van der Waals surface area contributed by atoms with Crippen LogP contribution in [0.1, 0.15) is 31.9 Å². The Morgan fingerprint density at radius 1 is 0.750 bits per heavy atom. The highest BCUT2D eigenvalue weighted by molar-refractivity contribution is 9.10. The first-order valence-corrected chi connectivity index (χ1v) is 14.4. The molecule has 4 aromatic rings. The zero-order valence-corrected chi connectivity index (χ0v) is 24.5. The Bertz CT molecular complexity index is 1290. The largest absolute Gasteiger partial charge is 0.390 e. The molecular weight excluding hydrogens is 578 g/mol. The molecule has 0 saturated carbocycles. The van der Waals surface area contributed by atoms with Gasteiger partial charge >= 0.3 is 0 Å². The van der Waals surface area contributed by atoms with Gasteiger partial charge in [0, 0.05) is 70.0 Å². The molecule has 0 radical (unpaired) electrons. The fraction of sp³-hybridized carbons (Fsp3) is 0.400. The van der Waals surface area contributed by atoms with Gasteiger partial charge in [-0.2, -0.15) is 0 Å². The molecule has 0 spiro atoms. The van der Waals surface area contributed by atoms with Crippen LogP contribution in [0.2, 0.25) is 0 Å². The van der Waals surface area contributed by atoms with Gasteiger partial charge in [0.15, 0.2) is 0 Å². The van der Waals surface area contributed by atoms with E-state index in [4.69, 9.17) is 0 Å². The number of piperazine rings is 1. The molecule has 0 bridgehead atoms.